The van der Waals surface area contributed by atoms with E-state index < -0.39 is 0 Å². The summed E-state index contributed by atoms with van der Waals surface area (Å²) in [7, 11) is 0. The molecule has 0 saturated heterocycles. The van der Waals surface area contributed by atoms with Crippen LogP contribution in [0, 0.1) is 5.92 Å². The summed E-state index contributed by atoms with van der Waals surface area (Å²) in [5.41, 5.74) is 2.38. The van der Waals surface area contributed by atoms with Crippen molar-refractivity contribution in [3.63, 3.8) is 0 Å². The second-order valence-electron chi connectivity index (χ2n) is 4.19. The van der Waals surface area contributed by atoms with E-state index in [0.717, 1.165) is 5.92 Å². The summed E-state index contributed by atoms with van der Waals surface area (Å²) < 4.78 is 0. The maximum Gasteiger partial charge on any atom is 0.0407 e. The monoisotopic (exact) mass is 245 g/mol. The summed E-state index contributed by atoms with van der Waals surface area (Å²) in [6.07, 6.45) is 10.2. The smallest absolute Gasteiger partial charge is 0.0407 e. The van der Waals surface area contributed by atoms with Crippen molar-refractivity contribution in [2.75, 3.05) is 0 Å². The molecule has 0 aliphatic rings. The minimum atomic E-state index is 1.09. The van der Waals surface area contributed by atoms with E-state index in [1.54, 1.807) is 0 Å². The molecular weight excluding hydrogens is 228 g/mol. The second-order valence-corrected chi connectivity index (χ2v) is 4.19. The van der Waals surface area contributed by atoms with Gasteiger partial charge in [-0.1, -0.05) is 91.0 Å². The maximum absolute atomic E-state index is 3.85. The molecule has 0 aliphatic heterocycles. The summed E-state index contributed by atoms with van der Waals surface area (Å²) in [5, 5.41) is 0. The number of benzene rings is 2. The van der Waals surface area contributed by atoms with E-state index in [1.807, 2.05) is 42.5 Å². The van der Waals surface area contributed by atoms with Crippen LogP contribution in [0.2, 0.25) is 0 Å². The van der Waals surface area contributed by atoms with Gasteiger partial charge >= 0.3 is 0 Å². The molecule has 19 heavy (non-hydrogen) atoms. The topological polar surface area (TPSA) is 0 Å². The third-order valence-electron chi connectivity index (χ3n) is 2.77. The molecule has 0 heteroatoms. The summed E-state index contributed by atoms with van der Waals surface area (Å²) >= 11 is 0. The molecule has 0 bridgehead atoms. The molecule has 0 heterocycles. The molecule has 2 rings (SSSR count). The summed E-state index contributed by atoms with van der Waals surface area (Å²) in [6, 6.07) is 20.5. The Morgan fingerprint density at radius 1 is 0.684 bits per heavy atom. The highest BCUT2D eigenvalue weighted by Gasteiger charge is 1.94. The molecule has 0 nitrogen and oxygen atoms in total. The van der Waals surface area contributed by atoms with Gasteiger partial charge in [0.1, 0.15) is 0 Å². The Hall–Kier alpha value is -2.34. The van der Waals surface area contributed by atoms with E-state index in [-0.39, 0.29) is 0 Å². The van der Waals surface area contributed by atoms with Crippen molar-refractivity contribution in [1.82, 2.24) is 0 Å². The molecule has 0 N–H and O–H groups in total. The zero-order valence-corrected chi connectivity index (χ0v) is 10.9. The molecule has 0 amide bonds. The average molecular weight is 245 g/mol. The van der Waals surface area contributed by atoms with Crippen molar-refractivity contribution in [2.24, 2.45) is 0 Å². The van der Waals surface area contributed by atoms with Crippen LogP contribution in [0.1, 0.15) is 11.1 Å². The molecule has 0 spiro atoms. The van der Waals surface area contributed by atoms with Crippen LogP contribution in [0.4, 0.5) is 0 Å². The highest BCUT2D eigenvalue weighted by Crippen LogP contribution is 2.12. The van der Waals surface area contributed by atoms with Gasteiger partial charge in [-0.15, -0.1) is 6.58 Å². The zero-order chi connectivity index (χ0) is 13.3. The molecular formula is C19H17. The molecule has 2 aromatic rings. The number of rotatable bonds is 5. The Bertz CT molecular complexity index is 498. The van der Waals surface area contributed by atoms with Gasteiger partial charge in [-0.05, 0) is 11.1 Å². The van der Waals surface area contributed by atoms with Crippen molar-refractivity contribution in [2.45, 2.75) is 0 Å². The lowest BCUT2D eigenvalue weighted by Crippen LogP contribution is -1.81. The largest absolute Gasteiger partial charge is 0.102 e. The standard InChI is InChI=1S/C19H17/c1-2-17(13-15-18-9-5-3-6-10-18)14-16-19-11-7-4-8-12-19/h2-16H,1H2. The molecule has 0 atom stereocenters. The molecule has 1 radical (unpaired) electrons. The first-order valence-corrected chi connectivity index (χ1v) is 6.34. The zero-order valence-electron chi connectivity index (χ0n) is 10.9. The lowest BCUT2D eigenvalue weighted by Gasteiger charge is -1.99. The molecule has 93 valence electrons. The lowest BCUT2D eigenvalue weighted by molar-refractivity contribution is 1.51. The van der Waals surface area contributed by atoms with E-state index in [4.69, 9.17) is 0 Å². The number of allylic oxidation sites excluding steroid dienone is 3. The fraction of sp³-hybridized carbons (Fsp3) is 0. The van der Waals surface area contributed by atoms with Gasteiger partial charge in [0.25, 0.3) is 0 Å². The van der Waals surface area contributed by atoms with Crippen LogP contribution >= 0.6 is 0 Å². The SMILES string of the molecule is C=C[C](C=Cc1ccccc1)C=Cc1ccccc1. The van der Waals surface area contributed by atoms with Gasteiger partial charge < -0.3 is 0 Å². The van der Waals surface area contributed by atoms with Crippen LogP contribution in [0.25, 0.3) is 12.2 Å². The van der Waals surface area contributed by atoms with Crippen molar-refractivity contribution >= 4 is 12.2 Å². The predicted octanol–water partition coefficient (Wildman–Crippen LogP) is 5.17. The number of hydrogen-bond donors (Lipinski definition) is 0. The van der Waals surface area contributed by atoms with Gasteiger partial charge in [0, 0.05) is 5.92 Å². The Kier molecular flexibility index (Phi) is 4.95. The minimum Gasteiger partial charge on any atom is -0.102 e. The van der Waals surface area contributed by atoms with Crippen molar-refractivity contribution in [1.29, 1.82) is 0 Å². The van der Waals surface area contributed by atoms with E-state index >= 15 is 0 Å². The van der Waals surface area contributed by atoms with E-state index in [0.29, 0.717) is 0 Å². The third-order valence-corrected chi connectivity index (χ3v) is 2.77. The molecule has 0 aromatic heterocycles. The summed E-state index contributed by atoms with van der Waals surface area (Å²) in [6.45, 7) is 3.85. The van der Waals surface area contributed by atoms with Crippen LogP contribution in [0.3, 0.4) is 0 Å². The van der Waals surface area contributed by atoms with Crippen LogP contribution in [0.15, 0.2) is 85.5 Å². The quantitative estimate of drug-likeness (QED) is 0.681. The van der Waals surface area contributed by atoms with E-state index in [1.165, 1.54) is 11.1 Å². The lowest BCUT2D eigenvalue weighted by atomic mass is 10.1. The molecule has 2 aromatic carbocycles. The van der Waals surface area contributed by atoms with Crippen LogP contribution < -0.4 is 0 Å². The van der Waals surface area contributed by atoms with Crippen LogP contribution in [-0.4, -0.2) is 0 Å². The summed E-state index contributed by atoms with van der Waals surface area (Å²) in [5.74, 6) is 1.09. The average Bonchev–Trinajstić information content (AvgIpc) is 2.49. The first-order valence-electron chi connectivity index (χ1n) is 6.34. The number of hydrogen-bond acceptors (Lipinski definition) is 0. The Labute approximate surface area is 115 Å². The Morgan fingerprint density at radius 3 is 1.47 bits per heavy atom. The normalized spacial score (nSPS) is 11.4. The van der Waals surface area contributed by atoms with Gasteiger partial charge in [-0.2, -0.15) is 0 Å². The first-order chi connectivity index (χ1) is 9.38. The highest BCUT2D eigenvalue weighted by atomic mass is 14.0. The van der Waals surface area contributed by atoms with Crippen LogP contribution in [0.5, 0.6) is 0 Å². The van der Waals surface area contributed by atoms with Gasteiger partial charge in [-0.25, -0.2) is 0 Å². The third kappa shape index (κ3) is 4.44. The second kappa shape index (κ2) is 7.17. The molecule has 0 fully saturated rings. The van der Waals surface area contributed by atoms with Crippen molar-refractivity contribution in [3.8, 4) is 0 Å². The first kappa shape index (κ1) is 13.1. The molecule has 0 aliphatic carbocycles. The van der Waals surface area contributed by atoms with Crippen molar-refractivity contribution < 1.29 is 0 Å². The Balaban J connectivity index is 2.03. The predicted molar refractivity (Wildman–Crippen MR) is 84.4 cm³/mol. The van der Waals surface area contributed by atoms with Gasteiger partial charge in [0.15, 0.2) is 0 Å². The molecule has 0 unspecified atom stereocenters. The van der Waals surface area contributed by atoms with Gasteiger partial charge in [-0.3, -0.25) is 0 Å². The fourth-order valence-electron chi connectivity index (χ4n) is 1.70. The minimum absolute atomic E-state index is 1.09. The summed E-state index contributed by atoms with van der Waals surface area (Å²) in [4.78, 5) is 0. The van der Waals surface area contributed by atoms with Gasteiger partial charge in [0.2, 0.25) is 0 Å². The Morgan fingerprint density at radius 2 is 1.11 bits per heavy atom. The van der Waals surface area contributed by atoms with E-state index in [2.05, 4.69) is 55.1 Å². The van der Waals surface area contributed by atoms with Crippen molar-refractivity contribution in [3.05, 3.63) is 103 Å². The molecule has 0 saturated carbocycles. The van der Waals surface area contributed by atoms with Crippen LogP contribution in [-0.2, 0) is 0 Å². The maximum atomic E-state index is 3.85. The highest BCUT2D eigenvalue weighted by molar-refractivity contribution is 5.59. The van der Waals surface area contributed by atoms with E-state index in [9.17, 15) is 0 Å². The van der Waals surface area contributed by atoms with Gasteiger partial charge in [0.05, 0.1) is 0 Å². The fourth-order valence-corrected chi connectivity index (χ4v) is 1.70.